The highest BCUT2D eigenvalue weighted by molar-refractivity contribution is 9.12. The van der Waals surface area contributed by atoms with E-state index in [-0.39, 0.29) is 23.4 Å². The highest BCUT2D eigenvalue weighted by Gasteiger charge is 2.54. The second-order valence-corrected chi connectivity index (χ2v) is 6.70. The fourth-order valence-corrected chi connectivity index (χ4v) is 4.46. The topological polar surface area (TPSA) is 34.1 Å². The summed E-state index contributed by atoms with van der Waals surface area (Å²) in [7, 11) is 0. The van der Waals surface area contributed by atoms with Gasteiger partial charge in [-0.15, -0.1) is 0 Å². The third-order valence-corrected chi connectivity index (χ3v) is 5.51. The van der Waals surface area contributed by atoms with Gasteiger partial charge in [0.15, 0.2) is 11.6 Å². The summed E-state index contributed by atoms with van der Waals surface area (Å²) in [6.07, 6.45) is 7.86. The number of carbonyl (C=O) groups excluding carboxylic acids is 2. The molecule has 4 aliphatic rings. The Morgan fingerprint density at radius 1 is 1.10 bits per heavy atom. The molecule has 0 aliphatic heterocycles. The van der Waals surface area contributed by atoms with Gasteiger partial charge in [0.1, 0.15) is 0 Å². The molecule has 3 atom stereocenters. The average molecular weight is 341 g/mol. The van der Waals surface area contributed by atoms with Crippen LogP contribution in [0.15, 0.2) is 64.7 Å². The molecular weight excluding hydrogens is 328 g/mol. The van der Waals surface area contributed by atoms with Gasteiger partial charge in [-0.2, -0.15) is 0 Å². The molecule has 21 heavy (non-hydrogen) atoms. The summed E-state index contributed by atoms with van der Waals surface area (Å²) in [5.41, 5.74) is 1.24. The van der Waals surface area contributed by atoms with E-state index in [1.807, 2.05) is 30.4 Å². The molecule has 0 saturated carbocycles. The van der Waals surface area contributed by atoms with E-state index in [1.54, 1.807) is 12.2 Å². The summed E-state index contributed by atoms with van der Waals surface area (Å²) < 4.78 is 0.744. The molecule has 2 bridgehead atoms. The summed E-state index contributed by atoms with van der Waals surface area (Å²) in [4.78, 5) is 25.1. The van der Waals surface area contributed by atoms with Crippen LogP contribution in [0.3, 0.4) is 0 Å². The number of allylic oxidation sites excluding steroid dienone is 6. The van der Waals surface area contributed by atoms with Crippen molar-refractivity contribution in [1.82, 2.24) is 0 Å². The fraction of sp³-hybridized carbons (Fsp3) is 0.222. The van der Waals surface area contributed by atoms with Crippen LogP contribution in [0.1, 0.15) is 17.9 Å². The summed E-state index contributed by atoms with van der Waals surface area (Å²) >= 11 is 3.46. The average Bonchev–Trinajstić information content (AvgIpc) is 2.65. The van der Waals surface area contributed by atoms with Crippen LogP contribution in [0.25, 0.3) is 0 Å². The van der Waals surface area contributed by atoms with Crippen LogP contribution < -0.4 is 0 Å². The van der Waals surface area contributed by atoms with Crippen molar-refractivity contribution in [3.05, 3.63) is 70.3 Å². The molecular formula is C18H13BrO2. The van der Waals surface area contributed by atoms with Crippen molar-refractivity contribution in [2.45, 2.75) is 12.3 Å². The van der Waals surface area contributed by atoms with Crippen molar-refractivity contribution < 1.29 is 9.59 Å². The number of carbonyl (C=O) groups is 2. The Hall–Kier alpha value is -1.74. The second-order valence-electron chi connectivity index (χ2n) is 5.85. The van der Waals surface area contributed by atoms with E-state index in [0.29, 0.717) is 6.42 Å². The lowest BCUT2D eigenvalue weighted by Gasteiger charge is -2.38. The molecule has 0 saturated heterocycles. The molecule has 1 aromatic rings. The zero-order chi connectivity index (χ0) is 14.6. The molecule has 104 valence electrons. The fourth-order valence-electron chi connectivity index (χ4n) is 3.81. The molecule has 1 aromatic carbocycles. The Balaban J connectivity index is 1.97. The number of rotatable bonds is 1. The van der Waals surface area contributed by atoms with E-state index in [4.69, 9.17) is 0 Å². The molecule has 5 rings (SSSR count). The lowest BCUT2D eigenvalue weighted by Crippen LogP contribution is -2.36. The van der Waals surface area contributed by atoms with Gasteiger partial charge in [0.25, 0.3) is 0 Å². The van der Waals surface area contributed by atoms with E-state index in [0.717, 1.165) is 15.6 Å². The second kappa shape index (κ2) is 4.38. The lowest BCUT2D eigenvalue weighted by atomic mass is 9.63. The van der Waals surface area contributed by atoms with Crippen molar-refractivity contribution in [2.24, 2.45) is 11.3 Å². The molecule has 0 N–H and O–H groups in total. The van der Waals surface area contributed by atoms with E-state index in [2.05, 4.69) is 28.1 Å². The van der Waals surface area contributed by atoms with Crippen molar-refractivity contribution >= 4 is 27.5 Å². The maximum atomic E-state index is 12.7. The van der Waals surface area contributed by atoms with Crippen LogP contribution in [0, 0.1) is 11.3 Å². The lowest BCUT2D eigenvalue weighted by molar-refractivity contribution is -0.121. The number of ketones is 2. The van der Waals surface area contributed by atoms with Gasteiger partial charge in [0.05, 0.1) is 5.41 Å². The van der Waals surface area contributed by atoms with E-state index in [1.165, 1.54) is 0 Å². The SMILES string of the molecule is O=C1C=C2C(Br)=CC(=O)[C@@]23C=C[C@H]1C[C@@H]3c1ccccc1. The van der Waals surface area contributed by atoms with Crippen LogP contribution in [0.2, 0.25) is 0 Å². The summed E-state index contributed by atoms with van der Waals surface area (Å²) in [6, 6.07) is 10.0. The van der Waals surface area contributed by atoms with Crippen LogP contribution in [0.4, 0.5) is 0 Å². The molecule has 2 nitrogen and oxygen atoms in total. The van der Waals surface area contributed by atoms with E-state index < -0.39 is 5.41 Å². The molecule has 0 amide bonds. The first-order valence-corrected chi connectivity index (χ1v) is 7.84. The maximum Gasteiger partial charge on any atom is 0.171 e. The largest absolute Gasteiger partial charge is 0.294 e. The molecule has 0 radical (unpaired) electrons. The predicted octanol–water partition coefficient (Wildman–Crippen LogP) is 3.70. The molecule has 0 heterocycles. The number of hydrogen-bond acceptors (Lipinski definition) is 2. The number of fused-ring (bicyclic) bond motifs is 2. The first-order valence-electron chi connectivity index (χ1n) is 7.05. The number of benzene rings is 1. The van der Waals surface area contributed by atoms with Gasteiger partial charge in [0.2, 0.25) is 0 Å². The molecule has 3 heteroatoms. The molecule has 1 spiro atoms. The van der Waals surface area contributed by atoms with E-state index >= 15 is 0 Å². The number of halogens is 1. The van der Waals surface area contributed by atoms with Crippen LogP contribution in [-0.4, -0.2) is 11.6 Å². The summed E-state index contributed by atoms with van der Waals surface area (Å²) in [5, 5.41) is 0. The van der Waals surface area contributed by atoms with Gasteiger partial charge in [-0.1, -0.05) is 58.4 Å². The van der Waals surface area contributed by atoms with Gasteiger partial charge in [0, 0.05) is 16.3 Å². The molecule has 0 fully saturated rings. The Morgan fingerprint density at radius 2 is 1.86 bits per heavy atom. The Bertz CT molecular complexity index is 742. The minimum absolute atomic E-state index is 0.0187. The first kappa shape index (κ1) is 13.0. The number of hydrogen-bond donors (Lipinski definition) is 0. The van der Waals surface area contributed by atoms with Gasteiger partial charge < -0.3 is 0 Å². The Labute approximate surface area is 131 Å². The van der Waals surface area contributed by atoms with Gasteiger partial charge in [-0.3, -0.25) is 9.59 Å². The third-order valence-electron chi connectivity index (χ3n) is 4.85. The van der Waals surface area contributed by atoms with Gasteiger partial charge in [-0.25, -0.2) is 0 Å². The van der Waals surface area contributed by atoms with Crippen molar-refractivity contribution in [3.63, 3.8) is 0 Å². The van der Waals surface area contributed by atoms with Gasteiger partial charge >= 0.3 is 0 Å². The smallest absolute Gasteiger partial charge is 0.171 e. The van der Waals surface area contributed by atoms with Crippen LogP contribution >= 0.6 is 15.9 Å². The summed E-state index contributed by atoms with van der Waals surface area (Å²) in [5.74, 6) is 0.0673. The first-order chi connectivity index (χ1) is 10.1. The van der Waals surface area contributed by atoms with Crippen LogP contribution in [-0.2, 0) is 9.59 Å². The maximum absolute atomic E-state index is 12.7. The highest BCUT2D eigenvalue weighted by atomic mass is 79.9. The monoisotopic (exact) mass is 340 g/mol. The predicted molar refractivity (Wildman–Crippen MR) is 84.0 cm³/mol. The minimum atomic E-state index is -0.706. The van der Waals surface area contributed by atoms with Crippen LogP contribution in [0.5, 0.6) is 0 Å². The normalized spacial score (nSPS) is 33.6. The third kappa shape index (κ3) is 1.64. The molecule has 0 unspecified atom stereocenters. The zero-order valence-corrected chi connectivity index (χ0v) is 12.8. The standard InChI is InChI=1S/C18H13BrO2/c19-15-10-17(21)18-7-6-12(16(20)9-14(15)18)8-13(18)11-4-2-1-3-5-11/h1-7,9-10,12-13H,8H2/t12-,13+,18+/m0/s1. The van der Waals surface area contributed by atoms with Crippen molar-refractivity contribution in [1.29, 1.82) is 0 Å². The zero-order valence-electron chi connectivity index (χ0n) is 11.3. The minimum Gasteiger partial charge on any atom is -0.294 e. The quantitative estimate of drug-likeness (QED) is 0.730. The van der Waals surface area contributed by atoms with Crippen molar-refractivity contribution in [2.75, 3.05) is 0 Å². The van der Waals surface area contributed by atoms with Gasteiger partial charge in [-0.05, 0) is 29.7 Å². The Morgan fingerprint density at radius 3 is 2.62 bits per heavy atom. The molecule has 0 aromatic heterocycles. The summed E-state index contributed by atoms with van der Waals surface area (Å²) in [6.45, 7) is 0. The molecule has 4 aliphatic carbocycles. The highest BCUT2D eigenvalue weighted by Crippen LogP contribution is 2.58. The van der Waals surface area contributed by atoms with E-state index in [9.17, 15) is 9.59 Å². The van der Waals surface area contributed by atoms with Crippen molar-refractivity contribution in [3.8, 4) is 0 Å². The Kier molecular flexibility index (Phi) is 2.70.